The molecule has 0 bridgehead atoms. The van der Waals surface area contributed by atoms with Crippen LogP contribution in [-0.4, -0.2) is 14.2 Å². The molecule has 1 radical (unpaired) electrons. The van der Waals surface area contributed by atoms with Gasteiger partial charge in [0.05, 0.1) is 14.2 Å². The zero-order chi connectivity index (χ0) is 9.68. The molecule has 0 atom stereocenters. The van der Waals surface area contributed by atoms with E-state index in [-0.39, 0.29) is 0 Å². The van der Waals surface area contributed by atoms with Crippen molar-refractivity contribution >= 4 is 6.08 Å². The lowest BCUT2D eigenvalue weighted by Crippen LogP contribution is -1.90. The molecule has 0 aromatic heterocycles. The summed E-state index contributed by atoms with van der Waals surface area (Å²) in [4.78, 5) is 0. The van der Waals surface area contributed by atoms with Gasteiger partial charge in [0.1, 0.15) is 0 Å². The summed E-state index contributed by atoms with van der Waals surface area (Å²) in [5.41, 5.74) is 7.84. The second kappa shape index (κ2) is 4.40. The molecule has 0 aliphatic rings. The van der Waals surface area contributed by atoms with Gasteiger partial charge in [0, 0.05) is 6.20 Å². The second-order valence-corrected chi connectivity index (χ2v) is 2.45. The Kier molecular flexibility index (Phi) is 3.20. The van der Waals surface area contributed by atoms with E-state index in [4.69, 9.17) is 15.2 Å². The molecule has 0 fully saturated rings. The Morgan fingerprint density at radius 1 is 1.15 bits per heavy atom. The average Bonchev–Trinajstić information content (AvgIpc) is 2.18. The highest BCUT2D eigenvalue weighted by atomic mass is 16.5. The fourth-order valence-corrected chi connectivity index (χ4v) is 1.05. The Bertz CT molecular complexity index is 308. The topological polar surface area (TPSA) is 42.3 Å². The SMILES string of the molecule is COc1ccc(C=C[NH])cc1OC. The van der Waals surface area contributed by atoms with Gasteiger partial charge in [-0.2, -0.15) is 0 Å². The lowest BCUT2D eigenvalue weighted by molar-refractivity contribution is 0.355. The summed E-state index contributed by atoms with van der Waals surface area (Å²) in [5.74, 6) is 1.38. The number of methoxy groups -OCH3 is 2. The van der Waals surface area contributed by atoms with Crippen LogP contribution in [0.15, 0.2) is 24.4 Å². The third-order valence-electron chi connectivity index (χ3n) is 1.68. The van der Waals surface area contributed by atoms with Gasteiger partial charge in [-0.1, -0.05) is 6.07 Å². The summed E-state index contributed by atoms with van der Waals surface area (Å²) in [7, 11) is 3.18. The Morgan fingerprint density at radius 3 is 2.38 bits per heavy atom. The van der Waals surface area contributed by atoms with Crippen LogP contribution in [0.1, 0.15) is 5.56 Å². The zero-order valence-corrected chi connectivity index (χ0v) is 7.70. The first-order valence-electron chi connectivity index (χ1n) is 3.87. The lowest BCUT2D eigenvalue weighted by atomic mass is 10.2. The summed E-state index contributed by atoms with van der Waals surface area (Å²) >= 11 is 0. The van der Waals surface area contributed by atoms with Crippen LogP contribution in [0, 0.1) is 0 Å². The summed E-state index contributed by atoms with van der Waals surface area (Å²) in [6.07, 6.45) is 2.92. The van der Waals surface area contributed by atoms with E-state index >= 15 is 0 Å². The van der Waals surface area contributed by atoms with E-state index in [2.05, 4.69) is 0 Å². The van der Waals surface area contributed by atoms with Crippen LogP contribution >= 0.6 is 0 Å². The van der Waals surface area contributed by atoms with Crippen molar-refractivity contribution in [3.05, 3.63) is 30.0 Å². The first-order chi connectivity index (χ1) is 6.31. The van der Waals surface area contributed by atoms with Gasteiger partial charge >= 0.3 is 0 Å². The number of nitrogens with one attached hydrogen (secondary N) is 1. The second-order valence-electron chi connectivity index (χ2n) is 2.45. The first kappa shape index (κ1) is 9.45. The molecule has 0 saturated carbocycles. The Hall–Kier alpha value is -1.64. The predicted molar refractivity (Wildman–Crippen MR) is 51.7 cm³/mol. The minimum Gasteiger partial charge on any atom is -0.493 e. The smallest absolute Gasteiger partial charge is 0.161 e. The average molecular weight is 178 g/mol. The largest absolute Gasteiger partial charge is 0.493 e. The number of hydrogen-bond acceptors (Lipinski definition) is 2. The molecule has 0 amide bonds. The molecule has 0 spiro atoms. The van der Waals surface area contributed by atoms with E-state index in [1.54, 1.807) is 20.3 Å². The Morgan fingerprint density at radius 2 is 1.85 bits per heavy atom. The van der Waals surface area contributed by atoms with Gasteiger partial charge < -0.3 is 15.2 Å². The molecule has 1 aromatic carbocycles. The molecule has 0 heterocycles. The van der Waals surface area contributed by atoms with Crippen molar-refractivity contribution in [2.45, 2.75) is 0 Å². The quantitative estimate of drug-likeness (QED) is 0.710. The summed E-state index contributed by atoms with van der Waals surface area (Å²) in [6.45, 7) is 0. The van der Waals surface area contributed by atoms with Crippen molar-refractivity contribution in [1.82, 2.24) is 5.73 Å². The minimum absolute atomic E-state index is 0.679. The van der Waals surface area contributed by atoms with Gasteiger partial charge in [0.15, 0.2) is 11.5 Å². The maximum absolute atomic E-state index is 6.91. The van der Waals surface area contributed by atoms with Crippen LogP contribution < -0.4 is 15.2 Å². The van der Waals surface area contributed by atoms with Gasteiger partial charge in [-0.15, -0.1) is 0 Å². The predicted octanol–water partition coefficient (Wildman–Crippen LogP) is 1.96. The number of hydrogen-bond donors (Lipinski definition) is 0. The van der Waals surface area contributed by atoms with Gasteiger partial charge in [-0.25, -0.2) is 0 Å². The molecule has 1 rings (SSSR count). The number of ether oxygens (including phenoxy) is 2. The van der Waals surface area contributed by atoms with Crippen LogP contribution in [0.5, 0.6) is 11.5 Å². The third-order valence-corrected chi connectivity index (χ3v) is 1.68. The van der Waals surface area contributed by atoms with E-state index < -0.39 is 0 Å². The van der Waals surface area contributed by atoms with Crippen LogP contribution in [-0.2, 0) is 0 Å². The summed E-state index contributed by atoms with van der Waals surface area (Å²) in [5, 5.41) is 0. The van der Waals surface area contributed by atoms with E-state index in [0.717, 1.165) is 5.56 Å². The highest BCUT2D eigenvalue weighted by Gasteiger charge is 2.01. The molecule has 0 aliphatic heterocycles. The highest BCUT2D eigenvalue weighted by Crippen LogP contribution is 2.27. The normalized spacial score (nSPS) is 10.3. The van der Waals surface area contributed by atoms with Crippen molar-refractivity contribution < 1.29 is 9.47 Å². The van der Waals surface area contributed by atoms with Gasteiger partial charge in [0.25, 0.3) is 0 Å². The van der Waals surface area contributed by atoms with Gasteiger partial charge in [-0.3, -0.25) is 0 Å². The molecular weight excluding hydrogens is 166 g/mol. The van der Waals surface area contributed by atoms with Crippen molar-refractivity contribution in [2.24, 2.45) is 0 Å². The first-order valence-corrected chi connectivity index (χ1v) is 3.87. The fourth-order valence-electron chi connectivity index (χ4n) is 1.05. The number of benzene rings is 1. The Balaban J connectivity index is 3.05. The standard InChI is InChI=1S/C10H12NO2/c1-12-9-4-3-8(5-6-11)7-10(9)13-2/h3-7,11H,1-2H3. The zero-order valence-electron chi connectivity index (χ0n) is 7.70. The maximum atomic E-state index is 6.91. The van der Waals surface area contributed by atoms with E-state index in [1.165, 1.54) is 6.20 Å². The van der Waals surface area contributed by atoms with Crippen LogP contribution in [0.2, 0.25) is 0 Å². The molecular formula is C10H12NO2. The monoisotopic (exact) mass is 178 g/mol. The van der Waals surface area contributed by atoms with E-state index in [1.807, 2.05) is 18.2 Å². The molecule has 0 saturated heterocycles. The van der Waals surface area contributed by atoms with Crippen molar-refractivity contribution in [3.63, 3.8) is 0 Å². The summed E-state index contributed by atoms with van der Waals surface area (Å²) in [6, 6.07) is 5.50. The molecule has 3 heteroatoms. The van der Waals surface area contributed by atoms with Crippen molar-refractivity contribution in [2.75, 3.05) is 14.2 Å². The molecule has 0 unspecified atom stereocenters. The van der Waals surface area contributed by atoms with Crippen LogP contribution in [0.25, 0.3) is 6.08 Å². The third kappa shape index (κ3) is 2.15. The highest BCUT2D eigenvalue weighted by molar-refractivity contribution is 5.55. The van der Waals surface area contributed by atoms with Crippen molar-refractivity contribution in [1.29, 1.82) is 0 Å². The molecule has 1 aromatic rings. The lowest BCUT2D eigenvalue weighted by Gasteiger charge is -2.07. The number of rotatable bonds is 3. The van der Waals surface area contributed by atoms with Crippen LogP contribution in [0.4, 0.5) is 0 Å². The van der Waals surface area contributed by atoms with E-state index in [9.17, 15) is 0 Å². The van der Waals surface area contributed by atoms with Crippen LogP contribution in [0.3, 0.4) is 0 Å². The van der Waals surface area contributed by atoms with Gasteiger partial charge in [-0.05, 0) is 23.8 Å². The van der Waals surface area contributed by atoms with Gasteiger partial charge in [0.2, 0.25) is 0 Å². The fraction of sp³-hybridized carbons (Fsp3) is 0.200. The van der Waals surface area contributed by atoms with E-state index in [0.29, 0.717) is 11.5 Å². The Labute approximate surface area is 77.8 Å². The molecule has 1 N–H and O–H groups in total. The molecule has 13 heavy (non-hydrogen) atoms. The van der Waals surface area contributed by atoms with Crippen molar-refractivity contribution in [3.8, 4) is 11.5 Å². The summed E-state index contributed by atoms with van der Waals surface area (Å²) < 4.78 is 10.2. The molecule has 0 aliphatic carbocycles. The maximum Gasteiger partial charge on any atom is 0.161 e. The molecule has 3 nitrogen and oxygen atoms in total. The molecule has 69 valence electrons. The minimum atomic E-state index is 0.679.